The molecule has 1 N–H and O–H groups in total. The molecular weight excluding hydrogens is 254 g/mol. The van der Waals surface area contributed by atoms with Gasteiger partial charge in [-0.05, 0) is 24.3 Å². The molecule has 2 rings (SSSR count). The third-order valence-electron chi connectivity index (χ3n) is 2.18. The standard InChI is InChI=1S/C12H10BrNO/c13-10-5-3-9(4-6-10)12(15)8-11-2-1-7-14-11/h1-7,14H,8H2. The first-order chi connectivity index (χ1) is 7.25. The van der Waals surface area contributed by atoms with Gasteiger partial charge < -0.3 is 4.98 Å². The second kappa shape index (κ2) is 4.45. The summed E-state index contributed by atoms with van der Waals surface area (Å²) in [5.41, 5.74) is 1.69. The monoisotopic (exact) mass is 263 g/mol. The number of carbonyl (C=O) groups excluding carboxylic acids is 1. The molecule has 0 atom stereocenters. The first-order valence-corrected chi connectivity index (χ1v) is 5.46. The van der Waals surface area contributed by atoms with E-state index >= 15 is 0 Å². The van der Waals surface area contributed by atoms with Crippen LogP contribution in [0.25, 0.3) is 0 Å². The zero-order chi connectivity index (χ0) is 10.7. The Morgan fingerprint density at radius 1 is 1.20 bits per heavy atom. The van der Waals surface area contributed by atoms with Gasteiger partial charge in [0.15, 0.2) is 5.78 Å². The van der Waals surface area contributed by atoms with E-state index in [1.54, 1.807) is 0 Å². The fourth-order valence-corrected chi connectivity index (χ4v) is 1.65. The zero-order valence-electron chi connectivity index (χ0n) is 8.03. The van der Waals surface area contributed by atoms with Crippen molar-refractivity contribution in [2.24, 2.45) is 0 Å². The van der Waals surface area contributed by atoms with Crippen molar-refractivity contribution in [3.05, 3.63) is 58.3 Å². The fourth-order valence-electron chi connectivity index (χ4n) is 1.39. The smallest absolute Gasteiger partial charge is 0.168 e. The van der Waals surface area contributed by atoms with Crippen LogP contribution in [0.3, 0.4) is 0 Å². The molecule has 0 spiro atoms. The summed E-state index contributed by atoms with van der Waals surface area (Å²) in [5.74, 6) is 0.130. The SMILES string of the molecule is O=C(Cc1ccc[nH]1)c1ccc(Br)cc1. The van der Waals surface area contributed by atoms with E-state index in [2.05, 4.69) is 20.9 Å². The van der Waals surface area contributed by atoms with Crippen LogP contribution in [-0.2, 0) is 6.42 Å². The van der Waals surface area contributed by atoms with E-state index in [0.29, 0.717) is 6.42 Å². The lowest BCUT2D eigenvalue weighted by Gasteiger charge is -1.99. The van der Waals surface area contributed by atoms with Crippen molar-refractivity contribution in [2.45, 2.75) is 6.42 Å². The average Bonchev–Trinajstić information content (AvgIpc) is 2.71. The molecule has 3 heteroatoms. The quantitative estimate of drug-likeness (QED) is 0.848. The first kappa shape index (κ1) is 10.2. The van der Waals surface area contributed by atoms with Gasteiger partial charge in [0.05, 0.1) is 6.42 Å². The number of ketones is 1. The minimum atomic E-state index is 0.130. The summed E-state index contributed by atoms with van der Waals surface area (Å²) in [4.78, 5) is 14.8. The number of halogens is 1. The summed E-state index contributed by atoms with van der Waals surface area (Å²) < 4.78 is 0.985. The number of hydrogen-bond donors (Lipinski definition) is 1. The van der Waals surface area contributed by atoms with E-state index < -0.39 is 0 Å². The first-order valence-electron chi connectivity index (χ1n) is 4.67. The summed E-state index contributed by atoms with van der Waals surface area (Å²) in [5, 5.41) is 0. The molecule has 0 saturated heterocycles. The zero-order valence-corrected chi connectivity index (χ0v) is 9.62. The molecule has 0 radical (unpaired) electrons. The van der Waals surface area contributed by atoms with E-state index in [9.17, 15) is 4.79 Å². The lowest BCUT2D eigenvalue weighted by molar-refractivity contribution is 0.0992. The Balaban J connectivity index is 2.11. The van der Waals surface area contributed by atoms with Crippen LogP contribution in [0, 0.1) is 0 Å². The Morgan fingerprint density at radius 3 is 2.53 bits per heavy atom. The molecular formula is C12H10BrNO. The Hall–Kier alpha value is -1.35. The number of carbonyl (C=O) groups is 1. The van der Waals surface area contributed by atoms with Gasteiger partial charge in [0.1, 0.15) is 0 Å². The third kappa shape index (κ3) is 2.57. The molecule has 2 nitrogen and oxygen atoms in total. The largest absolute Gasteiger partial charge is 0.365 e. The Morgan fingerprint density at radius 2 is 1.93 bits per heavy atom. The van der Waals surface area contributed by atoms with Crippen LogP contribution in [-0.4, -0.2) is 10.8 Å². The number of aromatic nitrogens is 1. The second-order valence-corrected chi connectivity index (χ2v) is 4.22. The van der Waals surface area contributed by atoms with Crippen molar-refractivity contribution >= 4 is 21.7 Å². The number of benzene rings is 1. The summed E-state index contributed by atoms with van der Waals surface area (Å²) in [6.45, 7) is 0. The molecule has 1 heterocycles. The van der Waals surface area contributed by atoms with Gasteiger partial charge in [0, 0.05) is 21.9 Å². The predicted molar refractivity (Wildman–Crippen MR) is 63.0 cm³/mol. The molecule has 15 heavy (non-hydrogen) atoms. The molecule has 2 aromatic rings. The minimum Gasteiger partial charge on any atom is -0.365 e. The summed E-state index contributed by atoms with van der Waals surface area (Å²) >= 11 is 3.34. The van der Waals surface area contributed by atoms with E-state index in [0.717, 1.165) is 15.7 Å². The Labute approximate surface area is 96.5 Å². The molecule has 0 unspecified atom stereocenters. The molecule has 0 aliphatic rings. The highest BCUT2D eigenvalue weighted by Crippen LogP contribution is 2.12. The maximum absolute atomic E-state index is 11.8. The topological polar surface area (TPSA) is 32.9 Å². The van der Waals surface area contributed by atoms with Gasteiger partial charge in [-0.25, -0.2) is 0 Å². The van der Waals surface area contributed by atoms with Crippen LogP contribution in [0.2, 0.25) is 0 Å². The van der Waals surface area contributed by atoms with Gasteiger partial charge in [0.25, 0.3) is 0 Å². The summed E-state index contributed by atoms with van der Waals surface area (Å²) in [6, 6.07) is 11.2. The van der Waals surface area contributed by atoms with Crippen molar-refractivity contribution in [3.8, 4) is 0 Å². The van der Waals surface area contributed by atoms with E-state index in [1.807, 2.05) is 42.6 Å². The van der Waals surface area contributed by atoms with Gasteiger partial charge in [-0.1, -0.05) is 28.1 Å². The molecule has 0 amide bonds. The van der Waals surface area contributed by atoms with E-state index in [1.165, 1.54) is 0 Å². The predicted octanol–water partition coefficient (Wildman–Crippen LogP) is 3.20. The molecule has 0 aliphatic heterocycles. The van der Waals surface area contributed by atoms with Crippen molar-refractivity contribution in [1.29, 1.82) is 0 Å². The normalized spacial score (nSPS) is 10.2. The molecule has 1 aromatic heterocycles. The highest BCUT2D eigenvalue weighted by atomic mass is 79.9. The van der Waals surface area contributed by atoms with Crippen molar-refractivity contribution in [2.75, 3.05) is 0 Å². The molecule has 0 aliphatic carbocycles. The van der Waals surface area contributed by atoms with Gasteiger partial charge in [-0.3, -0.25) is 4.79 Å². The number of H-pyrrole nitrogens is 1. The summed E-state index contributed by atoms with van der Waals surface area (Å²) in [6.07, 6.45) is 2.25. The van der Waals surface area contributed by atoms with E-state index in [4.69, 9.17) is 0 Å². The van der Waals surface area contributed by atoms with Crippen LogP contribution < -0.4 is 0 Å². The fraction of sp³-hybridized carbons (Fsp3) is 0.0833. The Bertz CT molecular complexity index is 445. The van der Waals surface area contributed by atoms with Gasteiger partial charge in [-0.15, -0.1) is 0 Å². The molecule has 0 saturated carbocycles. The number of Topliss-reactive ketones (excluding diaryl/α,β-unsaturated/α-hetero) is 1. The maximum atomic E-state index is 11.8. The molecule has 0 bridgehead atoms. The second-order valence-electron chi connectivity index (χ2n) is 3.30. The van der Waals surface area contributed by atoms with E-state index in [-0.39, 0.29) is 5.78 Å². The van der Waals surface area contributed by atoms with Crippen LogP contribution in [0.4, 0.5) is 0 Å². The lowest BCUT2D eigenvalue weighted by atomic mass is 10.1. The van der Waals surface area contributed by atoms with Crippen LogP contribution in [0.5, 0.6) is 0 Å². The van der Waals surface area contributed by atoms with Gasteiger partial charge in [0.2, 0.25) is 0 Å². The van der Waals surface area contributed by atoms with Crippen molar-refractivity contribution in [3.63, 3.8) is 0 Å². The molecule has 0 fully saturated rings. The number of nitrogens with one attached hydrogen (secondary N) is 1. The minimum absolute atomic E-state index is 0.130. The van der Waals surface area contributed by atoms with Gasteiger partial charge >= 0.3 is 0 Å². The number of aromatic amines is 1. The molecule has 1 aromatic carbocycles. The van der Waals surface area contributed by atoms with Gasteiger partial charge in [-0.2, -0.15) is 0 Å². The highest BCUT2D eigenvalue weighted by molar-refractivity contribution is 9.10. The third-order valence-corrected chi connectivity index (χ3v) is 2.71. The van der Waals surface area contributed by atoms with Crippen LogP contribution in [0.1, 0.15) is 16.1 Å². The highest BCUT2D eigenvalue weighted by Gasteiger charge is 2.06. The number of rotatable bonds is 3. The Kier molecular flexibility index (Phi) is 3.02. The molecule has 76 valence electrons. The number of hydrogen-bond acceptors (Lipinski definition) is 1. The maximum Gasteiger partial charge on any atom is 0.168 e. The summed E-state index contributed by atoms with van der Waals surface area (Å²) in [7, 11) is 0. The van der Waals surface area contributed by atoms with Crippen LogP contribution >= 0.6 is 15.9 Å². The van der Waals surface area contributed by atoms with Crippen LogP contribution in [0.15, 0.2) is 47.1 Å². The average molecular weight is 264 g/mol. The lowest BCUT2D eigenvalue weighted by Crippen LogP contribution is -2.03. The van der Waals surface area contributed by atoms with Crippen molar-refractivity contribution in [1.82, 2.24) is 4.98 Å². The van der Waals surface area contributed by atoms with Crippen molar-refractivity contribution < 1.29 is 4.79 Å².